The largest absolute Gasteiger partial charge is 0.416 e. The molecule has 1 atom stereocenters. The quantitative estimate of drug-likeness (QED) is 0.479. The highest BCUT2D eigenvalue weighted by molar-refractivity contribution is 5.70. The molecule has 2 aromatic carbocycles. The van der Waals surface area contributed by atoms with E-state index in [1.807, 2.05) is 0 Å². The molecule has 0 aliphatic heterocycles. The minimum absolute atomic E-state index is 0.0892. The Hall–Kier alpha value is -2.55. The number of carbonyl (C=O) groups excluding carboxylic acids is 1. The van der Waals surface area contributed by atoms with Crippen LogP contribution >= 0.6 is 0 Å². The fourth-order valence-corrected chi connectivity index (χ4v) is 3.25. The number of primary amides is 1. The molecule has 1 unspecified atom stereocenters. The minimum Gasteiger partial charge on any atom is -0.377 e. The Bertz CT molecular complexity index is 839. The van der Waals surface area contributed by atoms with Gasteiger partial charge < -0.3 is 10.5 Å². The number of carbonyl (C=O) groups is 1. The molecule has 0 aromatic heterocycles. The van der Waals surface area contributed by atoms with Crippen LogP contribution in [0.1, 0.15) is 67.9 Å². The Morgan fingerprint density at radius 2 is 1.39 bits per heavy atom. The number of hydrogen-bond acceptors (Lipinski definition) is 2. The summed E-state index contributed by atoms with van der Waals surface area (Å²) in [6.45, 7) is 5.01. The Morgan fingerprint density at radius 3 is 1.73 bits per heavy atom. The van der Waals surface area contributed by atoms with Crippen molar-refractivity contribution in [2.45, 2.75) is 58.0 Å². The highest BCUT2D eigenvalue weighted by Crippen LogP contribution is 2.41. The Balaban J connectivity index is 0.000000305. The van der Waals surface area contributed by atoms with E-state index in [9.17, 15) is 31.1 Å². The van der Waals surface area contributed by atoms with Crippen LogP contribution in [-0.2, 0) is 21.9 Å². The fraction of sp³-hybridized carbons (Fsp3) is 0.458. The zero-order valence-electron chi connectivity index (χ0n) is 18.9. The second kappa shape index (κ2) is 12.1. The van der Waals surface area contributed by atoms with Crippen molar-refractivity contribution in [3.05, 3.63) is 70.8 Å². The summed E-state index contributed by atoms with van der Waals surface area (Å²) >= 11 is 0. The second-order valence-electron chi connectivity index (χ2n) is 8.01. The molecule has 33 heavy (non-hydrogen) atoms. The van der Waals surface area contributed by atoms with Gasteiger partial charge in [0.15, 0.2) is 0 Å². The molecule has 1 fully saturated rings. The van der Waals surface area contributed by atoms with Gasteiger partial charge in [0.2, 0.25) is 5.91 Å². The van der Waals surface area contributed by atoms with Crippen LogP contribution in [0.25, 0.3) is 0 Å². The smallest absolute Gasteiger partial charge is 0.377 e. The zero-order chi connectivity index (χ0) is 25.4. The molecule has 2 aromatic rings. The lowest BCUT2D eigenvalue weighted by molar-refractivity contribution is -0.143. The average molecular weight is 477 g/mol. The van der Waals surface area contributed by atoms with Gasteiger partial charge in [0.25, 0.3) is 0 Å². The molecular weight excluding hydrogens is 448 g/mol. The second-order valence-corrected chi connectivity index (χ2v) is 8.01. The van der Waals surface area contributed by atoms with E-state index in [1.54, 1.807) is 0 Å². The van der Waals surface area contributed by atoms with Gasteiger partial charge in [-0.3, -0.25) is 4.79 Å². The highest BCUT2D eigenvalue weighted by Gasteiger charge is 2.37. The first kappa shape index (κ1) is 28.5. The number of hydrogen-bond donors (Lipinski definition) is 1. The average Bonchev–Trinajstić information content (AvgIpc) is 2.70. The number of nitrogens with two attached hydrogens (primary N) is 1. The van der Waals surface area contributed by atoms with Crippen molar-refractivity contribution in [1.82, 2.24) is 0 Å². The molecule has 0 bridgehead atoms. The van der Waals surface area contributed by atoms with Crippen molar-refractivity contribution in [2.24, 2.45) is 11.7 Å². The van der Waals surface area contributed by atoms with Crippen LogP contribution in [0.5, 0.6) is 0 Å². The third-order valence-corrected chi connectivity index (χ3v) is 5.08. The number of methoxy groups -OCH3 is 1. The molecule has 0 heterocycles. The summed E-state index contributed by atoms with van der Waals surface area (Å²) in [6, 6.07) is 12.3. The number of halogens is 6. The van der Waals surface area contributed by atoms with Crippen LogP contribution in [0.2, 0.25) is 0 Å². The van der Waals surface area contributed by atoms with Gasteiger partial charge in [0, 0.05) is 14.0 Å². The number of ether oxygens (including phenoxy) is 1. The third-order valence-electron chi connectivity index (χ3n) is 5.08. The van der Waals surface area contributed by atoms with E-state index in [2.05, 4.69) is 43.0 Å². The standard InChI is InChI=1S/C11H10F6O.C11H14.C2H5NO/c1-6(18-2)7-3-8(10(12,13)14)5-9(4-7)11(15,16)17;1-9-7-11(8-9)10-5-3-2-4-6-10;1-2(3)4/h3-6H,1-2H3;2-6,9,11H,7-8H2,1H3;1H3,(H2,3,4). The van der Waals surface area contributed by atoms with Gasteiger partial charge in [-0.05, 0) is 60.9 Å². The summed E-state index contributed by atoms with van der Waals surface area (Å²) in [4.78, 5) is 9.22. The third kappa shape index (κ3) is 9.86. The first-order chi connectivity index (χ1) is 15.1. The number of amides is 1. The topological polar surface area (TPSA) is 52.3 Å². The van der Waals surface area contributed by atoms with E-state index < -0.39 is 29.6 Å². The molecule has 0 radical (unpaired) electrons. The molecule has 0 spiro atoms. The first-order valence-electron chi connectivity index (χ1n) is 10.3. The van der Waals surface area contributed by atoms with Gasteiger partial charge in [-0.1, -0.05) is 37.3 Å². The van der Waals surface area contributed by atoms with Crippen LogP contribution < -0.4 is 5.73 Å². The monoisotopic (exact) mass is 477 g/mol. The Labute approximate surface area is 189 Å². The van der Waals surface area contributed by atoms with Crippen molar-refractivity contribution in [3.8, 4) is 0 Å². The maximum absolute atomic E-state index is 12.5. The fourth-order valence-electron chi connectivity index (χ4n) is 3.25. The normalized spacial score (nSPS) is 18.6. The lowest BCUT2D eigenvalue weighted by Crippen LogP contribution is -2.18. The SMILES string of the molecule is CC(N)=O.CC1CC(c2ccccc2)C1.COC(C)c1cc(C(F)(F)F)cc(C(F)(F)F)c1. The molecule has 3 rings (SSSR count). The molecule has 1 aliphatic carbocycles. The Kier molecular flexibility index (Phi) is 10.4. The van der Waals surface area contributed by atoms with Gasteiger partial charge in [0.05, 0.1) is 17.2 Å². The minimum atomic E-state index is -4.83. The van der Waals surface area contributed by atoms with Gasteiger partial charge in [0.1, 0.15) is 0 Å². The summed E-state index contributed by atoms with van der Waals surface area (Å²) in [5.41, 5.74) is 3.16. The van der Waals surface area contributed by atoms with E-state index in [4.69, 9.17) is 4.74 Å². The lowest BCUT2D eigenvalue weighted by atomic mass is 9.72. The van der Waals surface area contributed by atoms with Gasteiger partial charge in [-0.25, -0.2) is 0 Å². The van der Waals surface area contributed by atoms with Gasteiger partial charge in [-0.2, -0.15) is 26.3 Å². The van der Waals surface area contributed by atoms with E-state index in [0.717, 1.165) is 11.8 Å². The van der Waals surface area contributed by atoms with Crippen molar-refractivity contribution < 1.29 is 35.9 Å². The summed E-state index contributed by atoms with van der Waals surface area (Å²) in [7, 11) is 1.21. The van der Waals surface area contributed by atoms with Crippen LogP contribution in [-0.4, -0.2) is 13.0 Å². The van der Waals surface area contributed by atoms with Gasteiger partial charge >= 0.3 is 12.4 Å². The molecule has 3 nitrogen and oxygen atoms in total. The van der Waals surface area contributed by atoms with E-state index >= 15 is 0 Å². The number of rotatable bonds is 3. The maximum Gasteiger partial charge on any atom is 0.416 e. The van der Waals surface area contributed by atoms with Crippen molar-refractivity contribution in [3.63, 3.8) is 0 Å². The molecule has 1 amide bonds. The van der Waals surface area contributed by atoms with Gasteiger partial charge in [-0.15, -0.1) is 0 Å². The predicted octanol–water partition coefficient (Wildman–Crippen LogP) is 7.12. The maximum atomic E-state index is 12.5. The molecular formula is C24H29F6NO2. The molecule has 9 heteroatoms. The molecule has 1 saturated carbocycles. The van der Waals surface area contributed by atoms with Crippen LogP contribution in [0.3, 0.4) is 0 Å². The van der Waals surface area contributed by atoms with E-state index in [1.165, 1.54) is 39.4 Å². The summed E-state index contributed by atoms with van der Waals surface area (Å²) < 4.78 is 79.7. The van der Waals surface area contributed by atoms with Crippen LogP contribution in [0, 0.1) is 5.92 Å². The highest BCUT2D eigenvalue weighted by atomic mass is 19.4. The van der Waals surface area contributed by atoms with Crippen LogP contribution in [0.15, 0.2) is 48.5 Å². The predicted molar refractivity (Wildman–Crippen MR) is 114 cm³/mol. The molecule has 2 N–H and O–H groups in total. The molecule has 0 saturated heterocycles. The Morgan fingerprint density at radius 1 is 0.970 bits per heavy atom. The molecule has 1 aliphatic rings. The first-order valence-corrected chi connectivity index (χ1v) is 10.3. The number of alkyl halides is 6. The summed E-state index contributed by atoms with van der Waals surface area (Å²) in [5.74, 6) is 1.49. The van der Waals surface area contributed by atoms with E-state index in [0.29, 0.717) is 12.1 Å². The van der Waals surface area contributed by atoms with E-state index in [-0.39, 0.29) is 17.5 Å². The number of benzene rings is 2. The van der Waals surface area contributed by atoms with Crippen LogP contribution in [0.4, 0.5) is 26.3 Å². The zero-order valence-corrected chi connectivity index (χ0v) is 18.9. The van der Waals surface area contributed by atoms with Crippen molar-refractivity contribution in [2.75, 3.05) is 7.11 Å². The van der Waals surface area contributed by atoms with Crippen molar-refractivity contribution in [1.29, 1.82) is 0 Å². The summed E-state index contributed by atoms with van der Waals surface area (Å²) in [5, 5.41) is 0. The summed E-state index contributed by atoms with van der Waals surface area (Å²) in [6.07, 6.45) is -7.73. The molecule has 184 valence electrons. The van der Waals surface area contributed by atoms with Crippen molar-refractivity contribution >= 4 is 5.91 Å². The lowest BCUT2D eigenvalue weighted by Gasteiger charge is -2.32.